The molecule has 2 N–H and O–H groups in total. The lowest BCUT2D eigenvalue weighted by Gasteiger charge is -2.12. The van der Waals surface area contributed by atoms with Crippen molar-refractivity contribution in [2.75, 3.05) is 10.6 Å². The van der Waals surface area contributed by atoms with E-state index in [1.807, 2.05) is 20.8 Å². The van der Waals surface area contributed by atoms with E-state index in [0.29, 0.717) is 10.7 Å². The second kappa shape index (κ2) is 6.64. The van der Waals surface area contributed by atoms with E-state index < -0.39 is 0 Å². The van der Waals surface area contributed by atoms with Crippen molar-refractivity contribution in [3.63, 3.8) is 0 Å². The first-order valence-corrected chi connectivity index (χ1v) is 8.72. The van der Waals surface area contributed by atoms with Crippen molar-refractivity contribution in [3.05, 3.63) is 52.6 Å². The summed E-state index contributed by atoms with van der Waals surface area (Å²) in [7, 11) is 0. The van der Waals surface area contributed by atoms with Gasteiger partial charge in [0, 0.05) is 18.2 Å². The molecule has 3 rings (SSSR count). The minimum atomic E-state index is -0.164. The smallest absolute Gasteiger partial charge is 0.255 e. The van der Waals surface area contributed by atoms with E-state index in [1.165, 1.54) is 23.8 Å². The van der Waals surface area contributed by atoms with E-state index in [0.717, 1.165) is 27.0 Å². The van der Waals surface area contributed by atoms with Crippen LogP contribution in [0.1, 0.15) is 34.0 Å². The van der Waals surface area contributed by atoms with Crippen LogP contribution >= 0.6 is 11.3 Å². The van der Waals surface area contributed by atoms with Gasteiger partial charge in [-0.1, -0.05) is 29.0 Å². The van der Waals surface area contributed by atoms with Gasteiger partial charge in [0.2, 0.25) is 5.91 Å². The number of aromatic nitrogens is 1. The Bertz CT molecular complexity index is 968. The quantitative estimate of drug-likeness (QED) is 0.731. The number of carbonyl (C=O) groups is 2. The number of nitrogens with zero attached hydrogens (tertiary/aromatic N) is 1. The molecule has 0 unspecified atom stereocenters. The largest absolute Gasteiger partial charge is 0.322 e. The Morgan fingerprint density at radius 2 is 1.68 bits per heavy atom. The van der Waals surface area contributed by atoms with Crippen molar-refractivity contribution in [2.45, 2.75) is 27.7 Å². The molecule has 1 heterocycles. The Balaban J connectivity index is 1.88. The normalized spacial score (nSPS) is 10.7. The topological polar surface area (TPSA) is 71.1 Å². The second-order valence-electron chi connectivity index (χ2n) is 6.11. The number of amides is 2. The van der Waals surface area contributed by atoms with Crippen LogP contribution in [0.25, 0.3) is 10.2 Å². The van der Waals surface area contributed by atoms with E-state index in [1.54, 1.807) is 18.2 Å². The van der Waals surface area contributed by atoms with Crippen molar-refractivity contribution in [1.82, 2.24) is 4.98 Å². The molecule has 128 valence electrons. The van der Waals surface area contributed by atoms with E-state index in [-0.39, 0.29) is 11.8 Å². The number of hydrogen-bond donors (Lipinski definition) is 2. The molecule has 0 saturated carbocycles. The molecular formula is C19H19N3O2S. The molecule has 0 aliphatic carbocycles. The molecule has 0 radical (unpaired) electrons. The van der Waals surface area contributed by atoms with E-state index in [4.69, 9.17) is 0 Å². The Kier molecular flexibility index (Phi) is 4.55. The number of fused-ring (bicyclic) bond motifs is 1. The van der Waals surface area contributed by atoms with Crippen molar-refractivity contribution < 1.29 is 9.59 Å². The lowest BCUT2D eigenvalue weighted by atomic mass is 10.0. The molecular weight excluding hydrogens is 334 g/mol. The highest BCUT2D eigenvalue weighted by molar-refractivity contribution is 7.22. The highest BCUT2D eigenvalue weighted by Crippen LogP contribution is 2.28. The van der Waals surface area contributed by atoms with Crippen LogP contribution in [0.2, 0.25) is 0 Å². The Hall–Kier alpha value is -2.73. The molecule has 3 aromatic rings. The summed E-state index contributed by atoms with van der Waals surface area (Å²) in [5.41, 5.74) is 5.41. The summed E-state index contributed by atoms with van der Waals surface area (Å²) >= 11 is 1.35. The molecule has 0 atom stereocenters. The van der Waals surface area contributed by atoms with Crippen molar-refractivity contribution >= 4 is 44.2 Å². The van der Waals surface area contributed by atoms with Crippen molar-refractivity contribution in [2.24, 2.45) is 0 Å². The standard InChI is InChI=1S/C19H19N3O2S/c1-10-7-11(2)17(12(3)8-10)22-18(24)14-5-6-15-16(9-14)25-19(21-15)20-13(4)23/h5-9H,1-4H3,(H,22,24)(H,20,21,23). The predicted octanol–water partition coefficient (Wildman–Crippen LogP) is 4.43. The predicted molar refractivity (Wildman–Crippen MR) is 103 cm³/mol. The van der Waals surface area contributed by atoms with Crippen LogP contribution in [0, 0.1) is 20.8 Å². The van der Waals surface area contributed by atoms with Gasteiger partial charge in [0.15, 0.2) is 5.13 Å². The van der Waals surface area contributed by atoms with Gasteiger partial charge >= 0.3 is 0 Å². The molecule has 0 aliphatic heterocycles. The molecule has 2 amide bonds. The summed E-state index contributed by atoms with van der Waals surface area (Å²) in [5, 5.41) is 6.20. The van der Waals surface area contributed by atoms with E-state index in [2.05, 4.69) is 27.8 Å². The zero-order valence-electron chi connectivity index (χ0n) is 14.6. The van der Waals surface area contributed by atoms with Crippen molar-refractivity contribution in [1.29, 1.82) is 0 Å². The van der Waals surface area contributed by atoms with Crippen LogP contribution in [0.5, 0.6) is 0 Å². The van der Waals surface area contributed by atoms with E-state index in [9.17, 15) is 9.59 Å². The van der Waals surface area contributed by atoms with Gasteiger partial charge in [0.05, 0.1) is 10.2 Å². The third kappa shape index (κ3) is 3.69. The first kappa shape index (κ1) is 17.1. The molecule has 0 bridgehead atoms. The van der Waals surface area contributed by atoms with Crippen molar-refractivity contribution in [3.8, 4) is 0 Å². The fraction of sp³-hybridized carbons (Fsp3) is 0.211. The van der Waals surface area contributed by atoms with Gasteiger partial charge in [-0.2, -0.15) is 0 Å². The number of nitrogens with one attached hydrogen (secondary N) is 2. The van der Waals surface area contributed by atoms with Crippen LogP contribution in [0.15, 0.2) is 30.3 Å². The lowest BCUT2D eigenvalue weighted by molar-refractivity contribution is -0.114. The second-order valence-corrected chi connectivity index (χ2v) is 7.14. The summed E-state index contributed by atoms with van der Waals surface area (Å²) in [5.74, 6) is -0.325. The summed E-state index contributed by atoms with van der Waals surface area (Å²) in [6, 6.07) is 9.44. The molecule has 2 aromatic carbocycles. The summed E-state index contributed by atoms with van der Waals surface area (Å²) in [6.45, 7) is 7.45. The maximum atomic E-state index is 12.6. The molecule has 6 heteroatoms. The maximum Gasteiger partial charge on any atom is 0.255 e. The number of hydrogen-bond acceptors (Lipinski definition) is 4. The number of rotatable bonds is 3. The number of benzene rings is 2. The molecule has 1 aromatic heterocycles. The number of carbonyl (C=O) groups excluding carboxylic acids is 2. The zero-order chi connectivity index (χ0) is 18.1. The van der Waals surface area contributed by atoms with Crippen LogP contribution in [-0.4, -0.2) is 16.8 Å². The first-order valence-electron chi connectivity index (χ1n) is 7.91. The molecule has 5 nitrogen and oxygen atoms in total. The van der Waals surface area contributed by atoms with Crippen LogP contribution in [0.4, 0.5) is 10.8 Å². The van der Waals surface area contributed by atoms with Crippen LogP contribution in [-0.2, 0) is 4.79 Å². The SMILES string of the molecule is CC(=O)Nc1nc2ccc(C(=O)Nc3c(C)cc(C)cc3C)cc2s1. The Morgan fingerprint density at radius 1 is 1.00 bits per heavy atom. The highest BCUT2D eigenvalue weighted by atomic mass is 32.1. The minimum Gasteiger partial charge on any atom is -0.322 e. The number of thiazole rings is 1. The maximum absolute atomic E-state index is 12.6. The number of anilines is 2. The Morgan fingerprint density at radius 3 is 2.32 bits per heavy atom. The average Bonchev–Trinajstić information content (AvgIpc) is 2.90. The minimum absolute atomic E-state index is 0.161. The Labute approximate surface area is 150 Å². The molecule has 0 aliphatic rings. The molecule has 25 heavy (non-hydrogen) atoms. The average molecular weight is 353 g/mol. The summed E-state index contributed by atoms with van der Waals surface area (Å²) < 4.78 is 0.855. The molecule has 0 saturated heterocycles. The zero-order valence-corrected chi connectivity index (χ0v) is 15.4. The van der Waals surface area contributed by atoms with Gasteiger partial charge in [-0.3, -0.25) is 9.59 Å². The molecule has 0 spiro atoms. The molecule has 0 fully saturated rings. The van der Waals surface area contributed by atoms with Gasteiger partial charge in [0.25, 0.3) is 5.91 Å². The fourth-order valence-corrected chi connectivity index (χ4v) is 3.78. The van der Waals surface area contributed by atoms with Gasteiger partial charge < -0.3 is 10.6 Å². The monoisotopic (exact) mass is 353 g/mol. The van der Waals surface area contributed by atoms with E-state index >= 15 is 0 Å². The number of aryl methyl sites for hydroxylation is 3. The summed E-state index contributed by atoms with van der Waals surface area (Å²) in [6.07, 6.45) is 0. The fourth-order valence-electron chi connectivity index (χ4n) is 2.83. The van der Waals surface area contributed by atoms with Crippen LogP contribution < -0.4 is 10.6 Å². The third-order valence-electron chi connectivity index (χ3n) is 3.85. The third-order valence-corrected chi connectivity index (χ3v) is 4.78. The van der Waals surface area contributed by atoms with Gasteiger partial charge in [-0.15, -0.1) is 0 Å². The lowest BCUT2D eigenvalue weighted by Crippen LogP contribution is -2.13. The summed E-state index contributed by atoms with van der Waals surface area (Å²) in [4.78, 5) is 28.1. The highest BCUT2D eigenvalue weighted by Gasteiger charge is 2.13. The van der Waals surface area contributed by atoms with Gasteiger partial charge in [-0.25, -0.2) is 4.98 Å². The first-order chi connectivity index (χ1) is 11.8. The van der Waals surface area contributed by atoms with Gasteiger partial charge in [0.1, 0.15) is 0 Å². The van der Waals surface area contributed by atoms with Gasteiger partial charge in [-0.05, 0) is 50.1 Å². The van der Waals surface area contributed by atoms with Crippen LogP contribution in [0.3, 0.4) is 0 Å².